The lowest BCUT2D eigenvalue weighted by atomic mass is 9.87. The van der Waals surface area contributed by atoms with Crippen LogP contribution in [0.15, 0.2) is 48.5 Å². The van der Waals surface area contributed by atoms with Crippen molar-refractivity contribution in [3.8, 4) is 0 Å². The second-order valence-electron chi connectivity index (χ2n) is 11.2. The Balaban J connectivity index is 2.29. The van der Waals surface area contributed by atoms with Crippen LogP contribution in [-0.2, 0) is 27.2 Å². The average Bonchev–Trinajstić information content (AvgIpc) is 2.96. The first-order valence-electron chi connectivity index (χ1n) is 15.0. The third-order valence-corrected chi connectivity index (χ3v) is 7.76. The number of nitrogens with two attached hydrogens (primary N) is 4. The largest absolute Gasteiger partial charge is 0.370 e. The molecule has 0 aliphatic rings. The van der Waals surface area contributed by atoms with Crippen LogP contribution in [0, 0.1) is 25.2 Å². The Bertz CT molecular complexity index is 1190. The van der Waals surface area contributed by atoms with Gasteiger partial charge in [-0.15, -0.1) is 0 Å². The normalized spacial score (nSPS) is 13.8. The van der Waals surface area contributed by atoms with Crippen molar-refractivity contribution in [3.05, 3.63) is 70.8 Å². The van der Waals surface area contributed by atoms with E-state index in [1.54, 1.807) is 0 Å². The van der Waals surface area contributed by atoms with Gasteiger partial charge in [0.25, 0.3) is 0 Å². The fraction of sp³-hybridized carbons (Fsp3) is 0.500. The number of nitrogens with one attached hydrogen (secondary N) is 4. The van der Waals surface area contributed by atoms with Gasteiger partial charge in [-0.3, -0.25) is 19.8 Å². The quantitative estimate of drug-likeness (QED) is 0.0676. The number of carbonyl (C=O) groups is 3. The number of hydrogen-bond donors (Lipinski definition) is 8. The van der Waals surface area contributed by atoms with Gasteiger partial charge in [-0.25, -0.2) is 0 Å². The van der Waals surface area contributed by atoms with Gasteiger partial charge in [0.2, 0.25) is 17.7 Å². The average molecular weight is 595 g/mol. The number of benzene rings is 2. The highest BCUT2D eigenvalue weighted by Gasteiger charge is 2.29. The molecule has 0 spiro atoms. The molecule has 3 amide bonds. The number of aryl methyl sites for hydroxylation is 1. The van der Waals surface area contributed by atoms with E-state index in [2.05, 4.69) is 16.0 Å². The third kappa shape index (κ3) is 12.8. The Morgan fingerprint density at radius 3 is 2.23 bits per heavy atom. The summed E-state index contributed by atoms with van der Waals surface area (Å²) in [4.78, 5) is 39.2. The minimum Gasteiger partial charge on any atom is -0.370 e. The standard InChI is InChI=1S/C32H50N8O3/c1-21-10-8-13-24(22(21)2)19-25(30(42)40-28(29(35)41)15-6-7-16-33)20-26(14-9-17-38-32(36)37)39-31(43)27(34)18-23-11-4-3-5-12-23/h3-5,8,10-13,25-28H,6-7,9,14-20,33-34H2,1-2H3,(H2,35,41)(H,39,43)(H,40,42)(H4,36,37,38)/t25-,26+,27-,28-/m0/s1. The smallest absolute Gasteiger partial charge is 0.239 e. The molecule has 0 aromatic heterocycles. The van der Waals surface area contributed by atoms with Crippen molar-refractivity contribution < 1.29 is 14.4 Å². The molecule has 0 aliphatic carbocycles. The zero-order valence-electron chi connectivity index (χ0n) is 25.5. The van der Waals surface area contributed by atoms with Crippen molar-refractivity contribution in [3.63, 3.8) is 0 Å². The van der Waals surface area contributed by atoms with E-state index in [1.165, 1.54) is 0 Å². The Kier molecular flexibility index (Phi) is 15.2. The van der Waals surface area contributed by atoms with E-state index in [-0.39, 0.29) is 17.8 Å². The van der Waals surface area contributed by atoms with Gasteiger partial charge in [0.05, 0.1) is 6.04 Å². The molecule has 12 N–H and O–H groups in total. The Labute approximate surface area is 255 Å². The van der Waals surface area contributed by atoms with Crippen LogP contribution in [0.4, 0.5) is 0 Å². The molecule has 43 heavy (non-hydrogen) atoms. The lowest BCUT2D eigenvalue weighted by molar-refractivity contribution is -0.130. The topological polar surface area (TPSA) is 215 Å². The van der Waals surface area contributed by atoms with Crippen molar-refractivity contribution in [2.75, 3.05) is 13.1 Å². The van der Waals surface area contributed by atoms with Crippen molar-refractivity contribution >= 4 is 23.7 Å². The molecule has 11 heteroatoms. The molecule has 2 rings (SSSR count). The van der Waals surface area contributed by atoms with E-state index >= 15 is 0 Å². The van der Waals surface area contributed by atoms with Crippen LogP contribution in [0.25, 0.3) is 0 Å². The second-order valence-corrected chi connectivity index (χ2v) is 11.2. The summed E-state index contributed by atoms with van der Waals surface area (Å²) in [5.74, 6) is -1.90. The highest BCUT2D eigenvalue weighted by Crippen LogP contribution is 2.22. The molecule has 236 valence electrons. The maximum absolute atomic E-state index is 13.8. The van der Waals surface area contributed by atoms with E-state index in [0.717, 1.165) is 28.7 Å². The van der Waals surface area contributed by atoms with Crippen LogP contribution >= 0.6 is 0 Å². The van der Waals surface area contributed by atoms with Crippen LogP contribution in [0.2, 0.25) is 0 Å². The molecule has 0 saturated carbocycles. The Hall–Kier alpha value is -3.96. The van der Waals surface area contributed by atoms with Crippen molar-refractivity contribution in [2.45, 2.75) is 83.3 Å². The number of guanidine groups is 1. The molecule has 2 aromatic carbocycles. The Morgan fingerprint density at radius 1 is 0.860 bits per heavy atom. The minimum atomic E-state index is -0.813. The van der Waals surface area contributed by atoms with E-state index in [0.29, 0.717) is 58.0 Å². The van der Waals surface area contributed by atoms with Crippen LogP contribution in [0.5, 0.6) is 0 Å². The Morgan fingerprint density at radius 2 is 1.58 bits per heavy atom. The number of carbonyl (C=O) groups excluding carboxylic acids is 3. The lowest BCUT2D eigenvalue weighted by Gasteiger charge is -2.27. The third-order valence-electron chi connectivity index (χ3n) is 7.76. The molecular weight excluding hydrogens is 544 g/mol. The lowest BCUT2D eigenvalue weighted by Crippen LogP contribution is -2.50. The van der Waals surface area contributed by atoms with Crippen LogP contribution in [-0.4, -0.2) is 54.9 Å². The molecule has 4 atom stereocenters. The maximum Gasteiger partial charge on any atom is 0.239 e. The van der Waals surface area contributed by atoms with Crippen molar-refractivity contribution in [1.29, 1.82) is 5.41 Å². The molecule has 0 bridgehead atoms. The second kappa shape index (κ2) is 18.6. The zero-order valence-corrected chi connectivity index (χ0v) is 25.5. The first kappa shape index (κ1) is 35.2. The van der Waals surface area contributed by atoms with E-state index in [1.807, 2.05) is 62.4 Å². The van der Waals surface area contributed by atoms with Gasteiger partial charge in [-0.2, -0.15) is 0 Å². The van der Waals surface area contributed by atoms with E-state index in [4.69, 9.17) is 28.3 Å². The van der Waals surface area contributed by atoms with E-state index < -0.39 is 30.0 Å². The number of unbranched alkanes of at least 4 members (excludes halogenated alkanes) is 1. The first-order chi connectivity index (χ1) is 20.5. The van der Waals surface area contributed by atoms with Gasteiger partial charge >= 0.3 is 0 Å². The molecular formula is C32H50N8O3. The summed E-state index contributed by atoms with van der Waals surface area (Å²) in [6.45, 7) is 4.97. The van der Waals surface area contributed by atoms with Crippen LogP contribution in [0.1, 0.15) is 60.8 Å². The summed E-state index contributed by atoms with van der Waals surface area (Å²) >= 11 is 0. The highest BCUT2D eigenvalue weighted by atomic mass is 16.2. The number of rotatable bonds is 19. The predicted octanol–water partition coefficient (Wildman–Crippen LogP) is 1.27. The molecule has 0 heterocycles. The number of amides is 3. The molecule has 0 saturated heterocycles. The SMILES string of the molecule is Cc1cccc(C[C@@H](C[C@@H](CCCNC(=N)N)NC(=O)[C@@H](N)Cc2ccccc2)C(=O)N[C@@H](CCCCN)C(N)=O)c1C. The summed E-state index contributed by atoms with van der Waals surface area (Å²) < 4.78 is 0. The van der Waals surface area contributed by atoms with Gasteiger partial charge < -0.3 is 38.9 Å². The van der Waals surface area contributed by atoms with Crippen molar-refractivity contribution in [1.82, 2.24) is 16.0 Å². The van der Waals surface area contributed by atoms with Gasteiger partial charge in [-0.05, 0) is 94.0 Å². The molecule has 0 radical (unpaired) electrons. The van der Waals surface area contributed by atoms with E-state index in [9.17, 15) is 14.4 Å². The fourth-order valence-electron chi connectivity index (χ4n) is 5.08. The predicted molar refractivity (Wildman–Crippen MR) is 171 cm³/mol. The maximum atomic E-state index is 13.8. The van der Waals surface area contributed by atoms with Crippen LogP contribution in [0.3, 0.4) is 0 Å². The number of hydrogen-bond acceptors (Lipinski definition) is 6. The summed E-state index contributed by atoms with van der Waals surface area (Å²) in [6, 6.07) is 13.5. The summed E-state index contributed by atoms with van der Waals surface area (Å²) in [5, 5.41) is 16.2. The van der Waals surface area contributed by atoms with Gasteiger partial charge in [0, 0.05) is 18.5 Å². The summed E-state index contributed by atoms with van der Waals surface area (Å²) in [6.07, 6.45) is 4.01. The van der Waals surface area contributed by atoms with Crippen LogP contribution < -0.4 is 38.9 Å². The molecule has 0 unspecified atom stereocenters. The monoisotopic (exact) mass is 594 g/mol. The van der Waals surface area contributed by atoms with Crippen molar-refractivity contribution in [2.24, 2.45) is 28.9 Å². The highest BCUT2D eigenvalue weighted by molar-refractivity contribution is 5.88. The molecule has 0 fully saturated rings. The first-order valence-corrected chi connectivity index (χ1v) is 15.0. The number of primary amides is 1. The van der Waals surface area contributed by atoms with Gasteiger partial charge in [0.1, 0.15) is 6.04 Å². The van der Waals surface area contributed by atoms with Gasteiger partial charge in [-0.1, -0.05) is 48.5 Å². The molecule has 2 aromatic rings. The molecule has 0 aliphatic heterocycles. The molecule has 11 nitrogen and oxygen atoms in total. The minimum absolute atomic E-state index is 0.134. The summed E-state index contributed by atoms with van der Waals surface area (Å²) in [5.41, 5.74) is 27.1. The fourth-order valence-corrected chi connectivity index (χ4v) is 5.08. The van der Waals surface area contributed by atoms with Gasteiger partial charge in [0.15, 0.2) is 5.96 Å². The zero-order chi connectivity index (χ0) is 31.8. The summed E-state index contributed by atoms with van der Waals surface area (Å²) in [7, 11) is 0.